The van der Waals surface area contributed by atoms with E-state index < -0.39 is 11.7 Å². The Morgan fingerprint density at radius 2 is 1.69 bits per heavy atom. The van der Waals surface area contributed by atoms with Crippen molar-refractivity contribution in [3.05, 3.63) is 65.0 Å². The van der Waals surface area contributed by atoms with Gasteiger partial charge in [-0.05, 0) is 49.7 Å². The molecule has 0 saturated carbocycles. The Labute approximate surface area is 165 Å². The summed E-state index contributed by atoms with van der Waals surface area (Å²) in [6.45, 7) is 5.43. The summed E-state index contributed by atoms with van der Waals surface area (Å²) < 4.78 is 45.8. The lowest BCUT2D eigenvalue weighted by molar-refractivity contribution is -0.137. The first-order valence-electron chi connectivity index (χ1n) is 9.22. The summed E-state index contributed by atoms with van der Waals surface area (Å²) in [5, 5.41) is 13.0. The molecule has 0 aliphatic carbocycles. The van der Waals surface area contributed by atoms with Gasteiger partial charge in [-0.3, -0.25) is 0 Å². The summed E-state index contributed by atoms with van der Waals surface area (Å²) >= 11 is 0. The quantitative estimate of drug-likeness (QED) is 0.665. The average Bonchev–Trinajstić information content (AvgIpc) is 3.06. The minimum Gasteiger partial charge on any atom is -0.370 e. The maximum absolute atomic E-state index is 12.8. The average molecular weight is 403 g/mol. The first kappa shape index (κ1) is 19.4. The first-order valence-corrected chi connectivity index (χ1v) is 9.22. The molecule has 3 aromatic rings. The van der Waals surface area contributed by atoms with E-state index >= 15 is 0 Å². The molecule has 1 aliphatic heterocycles. The third-order valence-electron chi connectivity index (χ3n) is 4.86. The number of hydrogen-bond donors (Lipinski definition) is 0. The number of anilines is 1. The van der Waals surface area contributed by atoms with Gasteiger partial charge in [0.15, 0.2) is 11.6 Å². The summed E-state index contributed by atoms with van der Waals surface area (Å²) in [5.41, 5.74) is 1.91. The van der Waals surface area contributed by atoms with E-state index in [0.717, 1.165) is 23.5 Å². The van der Waals surface area contributed by atoms with Crippen molar-refractivity contribution in [1.82, 2.24) is 20.0 Å². The van der Waals surface area contributed by atoms with E-state index in [4.69, 9.17) is 4.74 Å². The van der Waals surface area contributed by atoms with E-state index in [1.165, 1.54) is 12.1 Å². The minimum atomic E-state index is -4.35. The van der Waals surface area contributed by atoms with Crippen LogP contribution < -0.4 is 4.90 Å². The zero-order chi connectivity index (χ0) is 20.6. The monoisotopic (exact) mass is 403 g/mol. The van der Waals surface area contributed by atoms with E-state index in [1.54, 1.807) is 4.68 Å². The van der Waals surface area contributed by atoms with Crippen LogP contribution in [0.1, 0.15) is 28.6 Å². The Hall–Kier alpha value is -2.94. The maximum Gasteiger partial charge on any atom is 0.416 e. The summed E-state index contributed by atoms with van der Waals surface area (Å²) in [5.74, 6) is 1.32. The van der Waals surface area contributed by atoms with Crippen LogP contribution in [0.3, 0.4) is 0 Å². The summed E-state index contributed by atoms with van der Waals surface area (Å²) in [4.78, 5) is 2.02. The molecule has 1 fully saturated rings. The van der Waals surface area contributed by atoms with Crippen LogP contribution in [0.4, 0.5) is 19.0 Å². The molecule has 0 spiro atoms. The molecule has 0 bridgehead atoms. The molecule has 1 unspecified atom stereocenters. The van der Waals surface area contributed by atoms with Gasteiger partial charge < -0.3 is 9.64 Å². The molecule has 3 heterocycles. The number of alkyl halides is 3. The van der Waals surface area contributed by atoms with Gasteiger partial charge in [0.05, 0.1) is 17.9 Å². The number of benzene rings is 1. The summed E-state index contributed by atoms with van der Waals surface area (Å²) in [7, 11) is 0. The van der Waals surface area contributed by atoms with Gasteiger partial charge in [-0.1, -0.05) is 12.1 Å². The van der Waals surface area contributed by atoms with Crippen LogP contribution in [0.2, 0.25) is 0 Å². The van der Waals surface area contributed by atoms with E-state index in [1.807, 2.05) is 36.9 Å². The Bertz CT molecular complexity index is 983. The van der Waals surface area contributed by atoms with Crippen molar-refractivity contribution in [1.29, 1.82) is 0 Å². The third-order valence-corrected chi connectivity index (χ3v) is 4.86. The molecule has 0 radical (unpaired) electrons. The fourth-order valence-electron chi connectivity index (χ4n) is 3.41. The lowest BCUT2D eigenvalue weighted by Gasteiger charge is -2.33. The molecular formula is C20H20F3N5O. The molecule has 6 nitrogen and oxygen atoms in total. The number of aromatic nitrogens is 4. The fourth-order valence-corrected chi connectivity index (χ4v) is 3.41. The van der Waals surface area contributed by atoms with Gasteiger partial charge in [-0.25, -0.2) is 4.68 Å². The Morgan fingerprint density at radius 3 is 2.28 bits per heavy atom. The molecule has 1 atom stereocenters. The molecule has 4 rings (SSSR count). The van der Waals surface area contributed by atoms with Crippen LogP contribution in [0.15, 0.2) is 42.5 Å². The van der Waals surface area contributed by atoms with Crippen molar-refractivity contribution < 1.29 is 17.9 Å². The van der Waals surface area contributed by atoms with Gasteiger partial charge in [0.2, 0.25) is 0 Å². The van der Waals surface area contributed by atoms with Gasteiger partial charge in [0.1, 0.15) is 6.10 Å². The van der Waals surface area contributed by atoms with Gasteiger partial charge in [0, 0.05) is 18.8 Å². The molecule has 1 saturated heterocycles. The maximum atomic E-state index is 12.8. The lowest BCUT2D eigenvalue weighted by Crippen LogP contribution is -2.39. The van der Waals surface area contributed by atoms with E-state index in [-0.39, 0.29) is 6.10 Å². The molecule has 1 aliphatic rings. The van der Waals surface area contributed by atoms with Crippen LogP contribution in [0, 0.1) is 13.8 Å². The molecule has 152 valence electrons. The van der Waals surface area contributed by atoms with Crippen LogP contribution >= 0.6 is 0 Å². The highest BCUT2D eigenvalue weighted by Gasteiger charge is 2.31. The van der Waals surface area contributed by atoms with Crippen LogP contribution in [0.25, 0.3) is 5.82 Å². The van der Waals surface area contributed by atoms with Crippen molar-refractivity contribution in [3.63, 3.8) is 0 Å². The summed E-state index contributed by atoms with van der Waals surface area (Å²) in [6, 6.07) is 10.8. The molecular weight excluding hydrogens is 383 g/mol. The number of ether oxygens (including phenoxy) is 1. The largest absolute Gasteiger partial charge is 0.416 e. The van der Waals surface area contributed by atoms with Crippen molar-refractivity contribution in [2.75, 3.05) is 24.6 Å². The summed E-state index contributed by atoms with van der Waals surface area (Å²) in [6.07, 6.45) is -4.68. The number of nitrogens with zero attached hydrogens (tertiary/aromatic N) is 5. The van der Waals surface area contributed by atoms with Crippen LogP contribution in [-0.2, 0) is 10.9 Å². The smallest absolute Gasteiger partial charge is 0.370 e. The van der Waals surface area contributed by atoms with Crippen LogP contribution in [-0.4, -0.2) is 39.7 Å². The number of aryl methyl sites for hydroxylation is 2. The minimum absolute atomic E-state index is 0.330. The predicted molar refractivity (Wildman–Crippen MR) is 101 cm³/mol. The van der Waals surface area contributed by atoms with Gasteiger partial charge >= 0.3 is 6.18 Å². The molecule has 1 aromatic carbocycles. The normalized spacial score (nSPS) is 17.6. The second-order valence-electron chi connectivity index (χ2n) is 7.01. The van der Waals surface area contributed by atoms with Crippen LogP contribution in [0.5, 0.6) is 0 Å². The topological polar surface area (TPSA) is 56.1 Å². The molecule has 29 heavy (non-hydrogen) atoms. The third kappa shape index (κ3) is 4.09. The zero-order valence-corrected chi connectivity index (χ0v) is 16.0. The van der Waals surface area contributed by atoms with Crippen molar-refractivity contribution in [3.8, 4) is 5.82 Å². The standard InChI is InChI=1S/C20H20F3N5O/c1-13-11-14(2)28(26-13)19-8-7-18(24-25-19)27-9-10-29-17(12-27)15-3-5-16(6-4-15)20(21,22)23/h3-8,11,17H,9-10,12H2,1-2H3. The number of rotatable bonds is 3. The predicted octanol–water partition coefficient (Wildman–Crippen LogP) is 3.88. The second-order valence-corrected chi connectivity index (χ2v) is 7.01. The van der Waals surface area contributed by atoms with Gasteiger partial charge in [0.25, 0.3) is 0 Å². The number of morpholine rings is 1. The number of halogens is 3. The van der Waals surface area contributed by atoms with E-state index in [0.29, 0.717) is 36.9 Å². The zero-order valence-electron chi connectivity index (χ0n) is 16.0. The molecule has 2 aromatic heterocycles. The highest BCUT2D eigenvalue weighted by Crippen LogP contribution is 2.31. The second kappa shape index (κ2) is 7.47. The highest BCUT2D eigenvalue weighted by atomic mass is 19.4. The Morgan fingerprint density at radius 1 is 1.00 bits per heavy atom. The van der Waals surface area contributed by atoms with Gasteiger partial charge in [-0.2, -0.15) is 18.3 Å². The van der Waals surface area contributed by atoms with Crippen molar-refractivity contribution in [2.24, 2.45) is 0 Å². The number of hydrogen-bond acceptors (Lipinski definition) is 5. The van der Waals surface area contributed by atoms with Crippen molar-refractivity contribution >= 4 is 5.82 Å². The van der Waals surface area contributed by atoms with Gasteiger partial charge in [-0.15, -0.1) is 10.2 Å². The van der Waals surface area contributed by atoms with E-state index in [2.05, 4.69) is 15.3 Å². The molecule has 0 N–H and O–H groups in total. The SMILES string of the molecule is Cc1cc(C)n(-c2ccc(N3CCOC(c4ccc(C(F)(F)F)cc4)C3)nn2)n1. The van der Waals surface area contributed by atoms with Crippen molar-refractivity contribution in [2.45, 2.75) is 26.1 Å². The Kier molecular flexibility index (Phi) is 4.99. The highest BCUT2D eigenvalue weighted by molar-refractivity contribution is 5.41. The first-order chi connectivity index (χ1) is 13.8. The molecule has 9 heteroatoms. The van der Waals surface area contributed by atoms with E-state index in [9.17, 15) is 13.2 Å². The Balaban J connectivity index is 1.49. The lowest BCUT2D eigenvalue weighted by atomic mass is 10.1. The molecule has 0 amide bonds. The fraction of sp³-hybridized carbons (Fsp3) is 0.350.